The summed E-state index contributed by atoms with van der Waals surface area (Å²) in [6.45, 7) is 4.45. The fraction of sp³-hybridized carbons (Fsp3) is 0.333. The molecule has 0 aliphatic carbocycles. The molecule has 3 rings (SSSR count). The Bertz CT molecular complexity index is 727. The van der Waals surface area contributed by atoms with Gasteiger partial charge in [-0.2, -0.15) is 0 Å². The van der Waals surface area contributed by atoms with Crippen molar-refractivity contribution in [3.05, 3.63) is 36.3 Å². The number of benzene rings is 1. The normalized spacial score (nSPS) is 11.7. The van der Waals surface area contributed by atoms with Crippen molar-refractivity contribution in [1.29, 1.82) is 0 Å². The van der Waals surface area contributed by atoms with Crippen molar-refractivity contribution in [3.63, 3.8) is 0 Å². The van der Waals surface area contributed by atoms with E-state index in [9.17, 15) is 0 Å². The largest absolute Gasteiger partial charge is 0.382 e. The molecule has 0 unspecified atom stereocenters. The number of nitrogens with zero attached hydrogens (tertiary/aromatic N) is 3. The molecular formula is C15H18N4. The van der Waals surface area contributed by atoms with Crippen molar-refractivity contribution >= 4 is 22.4 Å². The minimum atomic E-state index is 0.544. The topological polar surface area (TPSA) is 56.2 Å². The molecule has 0 spiro atoms. The van der Waals surface area contributed by atoms with Crippen molar-refractivity contribution in [2.75, 3.05) is 5.73 Å². The second-order valence-corrected chi connectivity index (χ2v) is 5.31. The zero-order valence-electron chi connectivity index (χ0n) is 11.3. The number of rotatable bonds is 3. The molecule has 19 heavy (non-hydrogen) atoms. The van der Waals surface area contributed by atoms with Crippen LogP contribution in [0.5, 0.6) is 0 Å². The molecular weight excluding hydrogens is 236 g/mol. The van der Waals surface area contributed by atoms with Crippen molar-refractivity contribution in [2.24, 2.45) is 5.92 Å². The smallest absolute Gasteiger partial charge is 0.150 e. The average Bonchev–Trinajstić information content (AvgIpc) is 2.81. The van der Waals surface area contributed by atoms with Gasteiger partial charge in [-0.25, -0.2) is 9.97 Å². The monoisotopic (exact) mass is 254 g/mol. The quantitative estimate of drug-likeness (QED) is 0.781. The molecule has 0 fully saturated rings. The molecule has 2 heterocycles. The van der Waals surface area contributed by atoms with Gasteiger partial charge in [-0.15, -0.1) is 0 Å². The van der Waals surface area contributed by atoms with E-state index < -0.39 is 0 Å². The first-order valence-electron chi connectivity index (χ1n) is 6.67. The summed E-state index contributed by atoms with van der Waals surface area (Å²) < 4.78 is 2.14. The van der Waals surface area contributed by atoms with E-state index in [1.165, 1.54) is 0 Å². The number of aryl methyl sites for hydroxylation is 1. The number of nitrogens with two attached hydrogens (primary N) is 1. The van der Waals surface area contributed by atoms with Crippen molar-refractivity contribution < 1.29 is 0 Å². The lowest BCUT2D eigenvalue weighted by atomic mass is 10.1. The number of anilines is 1. The van der Waals surface area contributed by atoms with Crippen LogP contribution < -0.4 is 5.73 Å². The lowest BCUT2D eigenvalue weighted by Gasteiger charge is -2.08. The Morgan fingerprint density at radius 1 is 1.21 bits per heavy atom. The fourth-order valence-electron chi connectivity index (χ4n) is 2.37. The van der Waals surface area contributed by atoms with Crippen LogP contribution in [0.4, 0.5) is 5.82 Å². The molecule has 0 aliphatic rings. The molecule has 4 nitrogen and oxygen atoms in total. The average molecular weight is 254 g/mol. The van der Waals surface area contributed by atoms with E-state index in [4.69, 9.17) is 5.73 Å². The second-order valence-electron chi connectivity index (χ2n) is 5.31. The van der Waals surface area contributed by atoms with Gasteiger partial charge in [-0.3, -0.25) is 4.40 Å². The first-order valence-corrected chi connectivity index (χ1v) is 6.67. The van der Waals surface area contributed by atoms with E-state index in [-0.39, 0.29) is 0 Å². The van der Waals surface area contributed by atoms with Crippen molar-refractivity contribution in [3.8, 4) is 0 Å². The van der Waals surface area contributed by atoms with Crippen LogP contribution in [0.3, 0.4) is 0 Å². The highest BCUT2D eigenvalue weighted by Crippen LogP contribution is 2.22. The van der Waals surface area contributed by atoms with E-state index in [0.717, 1.165) is 35.2 Å². The van der Waals surface area contributed by atoms with Gasteiger partial charge < -0.3 is 5.73 Å². The molecule has 4 heteroatoms. The van der Waals surface area contributed by atoms with E-state index in [0.29, 0.717) is 11.7 Å². The Morgan fingerprint density at radius 3 is 2.79 bits per heavy atom. The summed E-state index contributed by atoms with van der Waals surface area (Å²) in [4.78, 5) is 8.95. The summed E-state index contributed by atoms with van der Waals surface area (Å²) in [5, 5.41) is 0. The molecule has 1 aromatic carbocycles. The SMILES string of the molecule is CC(C)CCc1ncc2c(N)nc3ccccc3n12. The van der Waals surface area contributed by atoms with Gasteiger partial charge in [0.25, 0.3) is 0 Å². The fourth-order valence-corrected chi connectivity index (χ4v) is 2.37. The van der Waals surface area contributed by atoms with Gasteiger partial charge in [0.1, 0.15) is 17.2 Å². The number of imidazole rings is 1. The van der Waals surface area contributed by atoms with Crippen LogP contribution in [0.1, 0.15) is 26.1 Å². The molecule has 3 aromatic rings. The van der Waals surface area contributed by atoms with Gasteiger partial charge in [0.2, 0.25) is 0 Å². The van der Waals surface area contributed by atoms with Crippen LogP contribution in [0.15, 0.2) is 30.5 Å². The van der Waals surface area contributed by atoms with Crippen LogP contribution >= 0.6 is 0 Å². The molecule has 0 saturated heterocycles. The molecule has 0 atom stereocenters. The third kappa shape index (κ3) is 2.03. The second kappa shape index (κ2) is 4.53. The molecule has 2 aromatic heterocycles. The molecule has 0 amide bonds. The summed E-state index contributed by atoms with van der Waals surface area (Å²) in [5.74, 6) is 2.27. The van der Waals surface area contributed by atoms with Crippen LogP contribution in [0.25, 0.3) is 16.6 Å². The van der Waals surface area contributed by atoms with Gasteiger partial charge in [0, 0.05) is 6.42 Å². The van der Waals surface area contributed by atoms with Crippen molar-refractivity contribution in [2.45, 2.75) is 26.7 Å². The Labute approximate surface area is 112 Å². The summed E-state index contributed by atoms with van der Waals surface area (Å²) >= 11 is 0. The lowest BCUT2D eigenvalue weighted by molar-refractivity contribution is 0.575. The van der Waals surface area contributed by atoms with E-state index in [2.05, 4.69) is 34.3 Å². The first-order chi connectivity index (χ1) is 9.16. The van der Waals surface area contributed by atoms with Gasteiger partial charge in [-0.05, 0) is 24.5 Å². The summed E-state index contributed by atoms with van der Waals surface area (Å²) in [7, 11) is 0. The molecule has 2 N–H and O–H groups in total. The van der Waals surface area contributed by atoms with Crippen LogP contribution in [0, 0.1) is 5.92 Å². The number of nitrogen functional groups attached to an aromatic ring is 1. The molecule has 0 radical (unpaired) electrons. The van der Waals surface area contributed by atoms with Crippen LogP contribution in [0.2, 0.25) is 0 Å². The van der Waals surface area contributed by atoms with Crippen LogP contribution in [-0.2, 0) is 6.42 Å². The number of para-hydroxylation sites is 2. The molecule has 0 aliphatic heterocycles. The Kier molecular flexibility index (Phi) is 2.85. The predicted molar refractivity (Wildman–Crippen MR) is 78.1 cm³/mol. The highest BCUT2D eigenvalue weighted by molar-refractivity contribution is 5.83. The highest BCUT2D eigenvalue weighted by atomic mass is 15.1. The number of aromatic nitrogens is 3. The Balaban J connectivity index is 2.24. The van der Waals surface area contributed by atoms with Gasteiger partial charge in [0.05, 0.1) is 17.2 Å². The summed E-state index contributed by atoms with van der Waals surface area (Å²) in [5.41, 5.74) is 8.91. The maximum absolute atomic E-state index is 6.02. The minimum Gasteiger partial charge on any atom is -0.382 e. The Hall–Kier alpha value is -2.10. The van der Waals surface area contributed by atoms with Crippen LogP contribution in [-0.4, -0.2) is 14.4 Å². The first kappa shape index (κ1) is 12.0. The molecule has 0 saturated carbocycles. The Morgan fingerprint density at radius 2 is 2.00 bits per heavy atom. The highest BCUT2D eigenvalue weighted by Gasteiger charge is 2.11. The zero-order valence-corrected chi connectivity index (χ0v) is 11.3. The number of hydrogen-bond donors (Lipinski definition) is 1. The van der Waals surface area contributed by atoms with Gasteiger partial charge >= 0.3 is 0 Å². The van der Waals surface area contributed by atoms with Crippen molar-refractivity contribution in [1.82, 2.24) is 14.4 Å². The lowest BCUT2D eigenvalue weighted by Crippen LogP contribution is -2.02. The third-order valence-electron chi connectivity index (χ3n) is 3.41. The maximum atomic E-state index is 6.02. The van der Waals surface area contributed by atoms with Gasteiger partial charge in [0.15, 0.2) is 0 Å². The molecule has 0 bridgehead atoms. The van der Waals surface area contributed by atoms with E-state index in [1.807, 2.05) is 24.4 Å². The minimum absolute atomic E-state index is 0.544. The number of hydrogen-bond acceptors (Lipinski definition) is 3. The molecule has 98 valence electrons. The predicted octanol–water partition coefficient (Wildman–Crippen LogP) is 3.05. The van der Waals surface area contributed by atoms with Gasteiger partial charge in [-0.1, -0.05) is 26.0 Å². The summed E-state index contributed by atoms with van der Waals surface area (Å²) in [6, 6.07) is 8.05. The maximum Gasteiger partial charge on any atom is 0.150 e. The van der Waals surface area contributed by atoms with E-state index in [1.54, 1.807) is 0 Å². The van der Waals surface area contributed by atoms with E-state index >= 15 is 0 Å². The third-order valence-corrected chi connectivity index (χ3v) is 3.41. The standard InChI is InChI=1S/C15H18N4/c1-10(2)7-8-14-17-9-13-15(16)18-11-5-3-4-6-12(11)19(13)14/h3-6,9-10H,7-8H2,1-2H3,(H2,16,18). The summed E-state index contributed by atoms with van der Waals surface area (Å²) in [6.07, 6.45) is 3.90. The number of fused-ring (bicyclic) bond motifs is 3. The zero-order chi connectivity index (χ0) is 13.4.